The molecule has 0 saturated carbocycles. The third kappa shape index (κ3) is 6.94. The zero-order chi connectivity index (χ0) is 23.9. The number of halogens is 2. The molecule has 1 fully saturated rings. The number of benzene rings is 2. The van der Waals surface area contributed by atoms with E-state index in [4.69, 9.17) is 4.79 Å². The van der Waals surface area contributed by atoms with Crippen molar-refractivity contribution in [2.75, 3.05) is 5.32 Å². The number of urea groups is 3. The monoisotopic (exact) mass is 508 g/mol. The van der Waals surface area contributed by atoms with E-state index >= 15 is 0 Å². The minimum Gasteiger partial charge on any atom is -0.352 e. The molecule has 10 nitrogen and oxygen atoms in total. The topological polar surface area (TPSA) is 160 Å². The molecule has 3 rings (SSSR count). The van der Waals surface area contributed by atoms with Gasteiger partial charge >= 0.3 is 18.1 Å². The van der Waals surface area contributed by atoms with Crippen LogP contribution in [0.5, 0.6) is 0 Å². The average Bonchev–Trinajstić information content (AvgIpc) is 2.92. The summed E-state index contributed by atoms with van der Waals surface area (Å²) in [7, 11) is 0. The summed E-state index contributed by atoms with van der Waals surface area (Å²) in [5.41, 5.74) is 10.9. The number of rotatable bonds is 5. The fourth-order valence-electron chi connectivity index (χ4n) is 2.79. The van der Waals surface area contributed by atoms with E-state index in [1.807, 2.05) is 0 Å². The zero-order valence-electron chi connectivity index (χ0n) is 17.0. The standard InChI is InChI=1S/C19H18BrFN4O3.CH4N2O/c1-19(11-10-12-2-6-14(21)7-3-12)16(26)25(18(28)23-19)24-17(27)22-15-8-4-13(20)5-9-15;2-1(3)4/h2-9H,10-11H2,1H3,(H,23,28)(H2,22,24,27);(H4,2,3,4). The van der Waals surface area contributed by atoms with Crippen molar-refractivity contribution in [1.82, 2.24) is 15.8 Å². The second-order valence-corrected chi connectivity index (χ2v) is 7.92. The van der Waals surface area contributed by atoms with Crippen LogP contribution >= 0.6 is 15.9 Å². The van der Waals surface area contributed by atoms with E-state index in [0.29, 0.717) is 23.5 Å². The summed E-state index contributed by atoms with van der Waals surface area (Å²) in [6.07, 6.45) is 0.761. The number of aryl methyl sites for hydroxylation is 1. The SMILES string of the molecule is CC1(CCc2ccc(F)cc2)NC(=O)N(NC(=O)Nc2ccc(Br)cc2)C1=O.NC(N)=O. The van der Waals surface area contributed by atoms with E-state index in [2.05, 4.69) is 43.5 Å². The van der Waals surface area contributed by atoms with Crippen molar-refractivity contribution in [3.63, 3.8) is 0 Å². The lowest BCUT2D eigenvalue weighted by Gasteiger charge is -2.21. The molecular formula is C20H22BrFN6O4. The maximum absolute atomic E-state index is 13.0. The lowest BCUT2D eigenvalue weighted by Crippen LogP contribution is -2.50. The minimum atomic E-state index is -1.17. The molecule has 2 aromatic carbocycles. The van der Waals surface area contributed by atoms with Crippen LogP contribution in [-0.2, 0) is 11.2 Å². The Bertz CT molecular complexity index is 998. The first-order chi connectivity index (χ1) is 15.0. The van der Waals surface area contributed by atoms with Crippen LogP contribution in [0.2, 0.25) is 0 Å². The van der Waals surface area contributed by atoms with E-state index in [1.54, 1.807) is 43.3 Å². The number of nitrogens with two attached hydrogens (primary N) is 2. The number of nitrogens with zero attached hydrogens (tertiary/aromatic N) is 1. The number of nitrogens with one attached hydrogen (secondary N) is 3. The van der Waals surface area contributed by atoms with Crippen LogP contribution in [0, 0.1) is 5.82 Å². The van der Waals surface area contributed by atoms with Crippen LogP contribution < -0.4 is 27.5 Å². The summed E-state index contributed by atoms with van der Waals surface area (Å²) in [4.78, 5) is 46.0. The number of hydrogen-bond acceptors (Lipinski definition) is 4. The molecule has 0 bridgehead atoms. The van der Waals surface area contributed by atoms with Gasteiger partial charge < -0.3 is 22.1 Å². The fourth-order valence-corrected chi connectivity index (χ4v) is 3.06. The van der Waals surface area contributed by atoms with Gasteiger partial charge in [-0.1, -0.05) is 28.1 Å². The highest BCUT2D eigenvalue weighted by Gasteiger charge is 2.48. The van der Waals surface area contributed by atoms with Gasteiger partial charge in [0.25, 0.3) is 5.91 Å². The van der Waals surface area contributed by atoms with E-state index in [0.717, 1.165) is 10.0 Å². The molecule has 7 amide bonds. The second kappa shape index (κ2) is 10.6. The number of amides is 7. The molecule has 1 aliphatic rings. The predicted octanol–water partition coefficient (Wildman–Crippen LogP) is 2.59. The Kier molecular flexibility index (Phi) is 8.13. The Morgan fingerprint density at radius 2 is 1.66 bits per heavy atom. The first-order valence-electron chi connectivity index (χ1n) is 9.29. The first kappa shape index (κ1) is 24.6. The van der Waals surface area contributed by atoms with Crippen molar-refractivity contribution in [1.29, 1.82) is 0 Å². The average molecular weight is 509 g/mol. The van der Waals surface area contributed by atoms with Crippen LogP contribution in [0.1, 0.15) is 18.9 Å². The number of imide groups is 1. The maximum Gasteiger partial charge on any atom is 0.344 e. The lowest BCUT2D eigenvalue weighted by molar-refractivity contribution is -0.132. The molecule has 32 heavy (non-hydrogen) atoms. The summed E-state index contributed by atoms with van der Waals surface area (Å²) in [6.45, 7) is 1.59. The van der Waals surface area contributed by atoms with Gasteiger partial charge in [-0.05, 0) is 61.7 Å². The van der Waals surface area contributed by atoms with Crippen molar-refractivity contribution < 1.29 is 23.6 Å². The predicted molar refractivity (Wildman–Crippen MR) is 119 cm³/mol. The third-order valence-electron chi connectivity index (χ3n) is 4.40. The molecule has 12 heteroatoms. The maximum atomic E-state index is 13.0. The number of anilines is 1. The summed E-state index contributed by atoms with van der Waals surface area (Å²) in [6, 6.07) is 10.5. The minimum absolute atomic E-state index is 0.301. The third-order valence-corrected chi connectivity index (χ3v) is 4.93. The fraction of sp³-hybridized carbons (Fsp3) is 0.200. The Balaban J connectivity index is 0.000000837. The number of carbonyl (C=O) groups excluding carboxylic acids is 4. The highest BCUT2D eigenvalue weighted by Crippen LogP contribution is 2.22. The van der Waals surface area contributed by atoms with Gasteiger partial charge in [-0.2, -0.15) is 5.01 Å². The molecule has 2 aromatic rings. The van der Waals surface area contributed by atoms with Crippen LogP contribution in [0.3, 0.4) is 0 Å². The summed E-state index contributed by atoms with van der Waals surface area (Å²) >= 11 is 3.29. The summed E-state index contributed by atoms with van der Waals surface area (Å²) in [5, 5.41) is 5.82. The van der Waals surface area contributed by atoms with Gasteiger partial charge in [0.05, 0.1) is 0 Å². The van der Waals surface area contributed by atoms with Crippen molar-refractivity contribution in [3.05, 3.63) is 64.4 Å². The molecule has 0 aliphatic carbocycles. The highest BCUT2D eigenvalue weighted by molar-refractivity contribution is 9.10. The van der Waals surface area contributed by atoms with Gasteiger partial charge in [-0.25, -0.2) is 24.2 Å². The normalized spacial score (nSPS) is 17.2. The van der Waals surface area contributed by atoms with Crippen molar-refractivity contribution in [3.8, 4) is 0 Å². The van der Waals surface area contributed by atoms with E-state index < -0.39 is 29.5 Å². The molecule has 1 unspecified atom stereocenters. The van der Waals surface area contributed by atoms with Crippen molar-refractivity contribution in [2.45, 2.75) is 25.3 Å². The van der Waals surface area contributed by atoms with Gasteiger partial charge in [0.2, 0.25) is 0 Å². The largest absolute Gasteiger partial charge is 0.352 e. The number of hydrogen-bond donors (Lipinski definition) is 5. The van der Waals surface area contributed by atoms with Gasteiger partial charge in [-0.15, -0.1) is 0 Å². The van der Waals surface area contributed by atoms with Crippen LogP contribution in [-0.4, -0.2) is 34.5 Å². The summed E-state index contributed by atoms with van der Waals surface area (Å²) in [5.74, 6) is -0.905. The lowest BCUT2D eigenvalue weighted by atomic mass is 9.93. The second-order valence-electron chi connectivity index (χ2n) is 7.00. The molecule has 170 valence electrons. The van der Waals surface area contributed by atoms with Gasteiger partial charge in [0.15, 0.2) is 0 Å². The van der Waals surface area contributed by atoms with E-state index in [9.17, 15) is 18.8 Å². The molecular weight excluding hydrogens is 487 g/mol. The number of hydrazine groups is 1. The Hall–Kier alpha value is -3.67. The molecule has 1 atom stereocenters. The smallest absolute Gasteiger partial charge is 0.344 e. The van der Waals surface area contributed by atoms with Crippen molar-refractivity contribution in [2.24, 2.45) is 11.5 Å². The Morgan fingerprint density at radius 3 is 2.22 bits per heavy atom. The van der Waals surface area contributed by atoms with E-state index in [1.165, 1.54) is 12.1 Å². The molecule has 0 spiro atoms. The van der Waals surface area contributed by atoms with Crippen LogP contribution in [0.25, 0.3) is 0 Å². The number of carbonyl (C=O) groups is 4. The first-order valence-corrected chi connectivity index (χ1v) is 10.1. The Labute approximate surface area is 191 Å². The quantitative estimate of drug-likeness (QED) is 0.392. The van der Waals surface area contributed by atoms with Crippen LogP contribution in [0.4, 0.5) is 24.5 Å². The van der Waals surface area contributed by atoms with Crippen molar-refractivity contribution >= 4 is 45.6 Å². The molecule has 1 aliphatic heterocycles. The molecule has 7 N–H and O–H groups in total. The van der Waals surface area contributed by atoms with E-state index in [-0.39, 0.29) is 5.82 Å². The molecule has 1 saturated heterocycles. The van der Waals surface area contributed by atoms with Gasteiger partial charge in [0.1, 0.15) is 11.4 Å². The highest BCUT2D eigenvalue weighted by atomic mass is 79.9. The number of primary amides is 2. The Morgan fingerprint density at radius 1 is 1.09 bits per heavy atom. The zero-order valence-corrected chi connectivity index (χ0v) is 18.6. The van der Waals surface area contributed by atoms with Crippen LogP contribution in [0.15, 0.2) is 53.0 Å². The molecule has 0 radical (unpaired) electrons. The van der Waals surface area contributed by atoms with Gasteiger partial charge in [0, 0.05) is 10.2 Å². The molecule has 1 heterocycles. The van der Waals surface area contributed by atoms with Gasteiger partial charge in [-0.3, -0.25) is 4.79 Å². The molecule has 0 aromatic heterocycles. The summed E-state index contributed by atoms with van der Waals surface area (Å²) < 4.78 is 13.9.